The highest BCUT2D eigenvalue weighted by molar-refractivity contribution is 5.98. The Labute approximate surface area is 186 Å². The van der Waals surface area contributed by atoms with Crippen molar-refractivity contribution in [2.75, 3.05) is 12.4 Å². The van der Waals surface area contributed by atoms with Crippen LogP contribution in [0.4, 0.5) is 24.7 Å². The van der Waals surface area contributed by atoms with Crippen molar-refractivity contribution in [3.05, 3.63) is 77.2 Å². The van der Waals surface area contributed by atoms with Gasteiger partial charge in [0.05, 0.1) is 18.9 Å². The number of aryl methyl sites for hydroxylation is 1. The molecule has 0 bridgehead atoms. The number of methoxy groups -OCH3 is 1. The van der Waals surface area contributed by atoms with E-state index in [2.05, 4.69) is 25.3 Å². The monoisotopic (exact) mass is 453 g/mol. The van der Waals surface area contributed by atoms with Gasteiger partial charge in [0.25, 0.3) is 0 Å². The van der Waals surface area contributed by atoms with Gasteiger partial charge < -0.3 is 10.1 Å². The summed E-state index contributed by atoms with van der Waals surface area (Å²) < 4.78 is 44.0. The first-order chi connectivity index (χ1) is 15.7. The third-order valence-electron chi connectivity index (χ3n) is 4.97. The third kappa shape index (κ3) is 4.89. The minimum Gasteiger partial charge on any atom is -0.467 e. The fourth-order valence-electron chi connectivity index (χ4n) is 3.23. The maximum Gasteiger partial charge on any atom is 0.416 e. The largest absolute Gasteiger partial charge is 0.467 e. The number of hydrogen-bond acceptors (Lipinski definition) is 7. The van der Waals surface area contributed by atoms with Crippen molar-refractivity contribution in [3.8, 4) is 6.01 Å². The van der Waals surface area contributed by atoms with Crippen molar-refractivity contribution in [1.82, 2.24) is 19.9 Å². The lowest BCUT2D eigenvalue weighted by molar-refractivity contribution is -0.137. The van der Waals surface area contributed by atoms with Gasteiger partial charge in [-0.15, -0.1) is 0 Å². The predicted molar refractivity (Wildman–Crippen MR) is 116 cm³/mol. The highest BCUT2D eigenvalue weighted by atomic mass is 19.4. The van der Waals surface area contributed by atoms with E-state index in [1.54, 1.807) is 12.1 Å². The summed E-state index contributed by atoms with van der Waals surface area (Å²) in [6, 6.07) is 9.92. The Morgan fingerprint density at radius 1 is 1.09 bits per heavy atom. The molecule has 0 spiro atoms. The molecular formula is C23H18F3N5O2. The second-order valence-electron chi connectivity index (χ2n) is 7.27. The normalized spacial score (nSPS) is 11.4. The molecule has 4 rings (SSSR count). The number of nitrogens with zero attached hydrogens (tertiary/aromatic N) is 4. The van der Waals surface area contributed by atoms with Crippen molar-refractivity contribution in [3.63, 3.8) is 0 Å². The maximum absolute atomic E-state index is 13.0. The number of benzene rings is 2. The molecule has 0 atom stereocenters. The van der Waals surface area contributed by atoms with Crippen LogP contribution in [0.1, 0.15) is 27.0 Å². The molecule has 2 aromatic carbocycles. The smallest absolute Gasteiger partial charge is 0.416 e. The van der Waals surface area contributed by atoms with E-state index >= 15 is 0 Å². The number of carbonyl (C=O) groups excluding carboxylic acids is 1. The van der Waals surface area contributed by atoms with Crippen LogP contribution in [-0.2, 0) is 12.6 Å². The van der Waals surface area contributed by atoms with Crippen molar-refractivity contribution in [2.24, 2.45) is 0 Å². The zero-order valence-electron chi connectivity index (χ0n) is 17.6. The molecule has 4 aromatic rings. The first kappa shape index (κ1) is 22.1. The molecule has 2 heterocycles. The predicted octanol–water partition coefficient (Wildman–Crippen LogP) is 4.92. The summed E-state index contributed by atoms with van der Waals surface area (Å²) in [5.74, 6) is 0.00558. The quantitative estimate of drug-likeness (QED) is 0.414. The van der Waals surface area contributed by atoms with Gasteiger partial charge in [-0.05, 0) is 36.2 Å². The van der Waals surface area contributed by atoms with Gasteiger partial charge in [-0.3, -0.25) is 4.79 Å². The number of nitrogens with one attached hydrogen (secondary N) is 1. The molecule has 0 saturated heterocycles. The van der Waals surface area contributed by atoms with Crippen molar-refractivity contribution >= 4 is 28.3 Å². The van der Waals surface area contributed by atoms with Gasteiger partial charge in [-0.25, -0.2) is 15.0 Å². The van der Waals surface area contributed by atoms with E-state index in [9.17, 15) is 18.0 Å². The fraction of sp³-hybridized carbons (Fsp3) is 0.174. The van der Waals surface area contributed by atoms with Gasteiger partial charge in [0, 0.05) is 17.7 Å². The summed E-state index contributed by atoms with van der Waals surface area (Å²) in [5.41, 5.74) is 2.30. The summed E-state index contributed by atoms with van der Waals surface area (Å²) >= 11 is 0. The van der Waals surface area contributed by atoms with Gasteiger partial charge >= 0.3 is 12.2 Å². The Morgan fingerprint density at radius 2 is 1.91 bits per heavy atom. The van der Waals surface area contributed by atoms with Gasteiger partial charge in [0.2, 0.25) is 0 Å². The second kappa shape index (κ2) is 8.81. The van der Waals surface area contributed by atoms with Crippen LogP contribution < -0.4 is 10.1 Å². The first-order valence-electron chi connectivity index (χ1n) is 9.83. The van der Waals surface area contributed by atoms with Gasteiger partial charge in [0.1, 0.15) is 17.4 Å². The third-order valence-corrected chi connectivity index (χ3v) is 4.97. The van der Waals surface area contributed by atoms with E-state index < -0.39 is 17.5 Å². The molecule has 0 aliphatic rings. The zero-order valence-corrected chi connectivity index (χ0v) is 17.6. The molecule has 0 amide bonds. The van der Waals surface area contributed by atoms with Crippen LogP contribution in [0.15, 0.2) is 55.0 Å². The van der Waals surface area contributed by atoms with Crippen LogP contribution in [0, 0.1) is 6.92 Å². The average molecular weight is 453 g/mol. The maximum atomic E-state index is 13.0. The van der Waals surface area contributed by atoms with Gasteiger partial charge in [-0.2, -0.15) is 18.2 Å². The highest BCUT2D eigenvalue weighted by Crippen LogP contribution is 2.30. The van der Waals surface area contributed by atoms with Crippen molar-refractivity contribution < 1.29 is 22.7 Å². The van der Waals surface area contributed by atoms with E-state index in [1.165, 1.54) is 31.8 Å². The number of Topliss-reactive ketones (excluding diaryl/α,β-unsaturated/α-hetero) is 1. The number of halogens is 3. The molecule has 0 aliphatic carbocycles. The molecule has 0 saturated carbocycles. The number of aromatic nitrogens is 4. The van der Waals surface area contributed by atoms with Crippen LogP contribution in [0.2, 0.25) is 0 Å². The Kier molecular flexibility index (Phi) is 5.91. The first-order valence-corrected chi connectivity index (χ1v) is 9.83. The Bertz CT molecular complexity index is 1340. The molecule has 10 heteroatoms. The lowest BCUT2D eigenvalue weighted by Gasteiger charge is -2.13. The molecule has 1 N–H and O–H groups in total. The van der Waals surface area contributed by atoms with Crippen LogP contribution in [0.5, 0.6) is 6.01 Å². The molecule has 33 heavy (non-hydrogen) atoms. The summed E-state index contributed by atoms with van der Waals surface area (Å²) in [6.07, 6.45) is -1.68. The summed E-state index contributed by atoms with van der Waals surface area (Å²) in [7, 11) is 1.45. The number of carbonyl (C=O) groups is 1. The van der Waals surface area contributed by atoms with Crippen molar-refractivity contribution in [1.29, 1.82) is 0 Å². The SMILES string of the molecule is COc1ncc2ncnc(Nc3cc(CC(=O)c4cccc(C(F)(F)F)c4)ccc3C)c2n1. The molecule has 0 aliphatic heterocycles. The van der Waals surface area contributed by atoms with Crippen LogP contribution in [-0.4, -0.2) is 32.8 Å². The van der Waals surface area contributed by atoms with Crippen LogP contribution in [0.25, 0.3) is 11.0 Å². The molecular weight excluding hydrogens is 435 g/mol. The minimum absolute atomic E-state index is 0.00509. The number of rotatable bonds is 6. The number of ether oxygens (including phenoxy) is 1. The lowest BCUT2D eigenvalue weighted by Crippen LogP contribution is -2.09. The average Bonchev–Trinajstić information content (AvgIpc) is 2.80. The van der Waals surface area contributed by atoms with Gasteiger partial charge in [0.15, 0.2) is 11.6 Å². The zero-order chi connectivity index (χ0) is 23.6. The number of fused-ring (bicyclic) bond motifs is 1. The molecule has 0 unspecified atom stereocenters. The minimum atomic E-state index is -4.51. The summed E-state index contributed by atoms with van der Waals surface area (Å²) in [6.45, 7) is 1.87. The van der Waals surface area contributed by atoms with E-state index in [4.69, 9.17) is 4.74 Å². The Morgan fingerprint density at radius 3 is 2.67 bits per heavy atom. The van der Waals surface area contributed by atoms with Gasteiger partial charge in [-0.1, -0.05) is 24.3 Å². The Balaban J connectivity index is 1.61. The van der Waals surface area contributed by atoms with Crippen LogP contribution >= 0.6 is 0 Å². The lowest BCUT2D eigenvalue weighted by atomic mass is 9.99. The molecule has 2 aromatic heterocycles. The van der Waals surface area contributed by atoms with E-state index in [1.807, 2.05) is 13.0 Å². The summed E-state index contributed by atoms with van der Waals surface area (Å²) in [5, 5.41) is 3.19. The molecule has 7 nitrogen and oxygen atoms in total. The number of ketones is 1. The fourth-order valence-corrected chi connectivity index (χ4v) is 3.23. The van der Waals surface area contributed by atoms with E-state index in [0.29, 0.717) is 28.1 Å². The van der Waals surface area contributed by atoms with E-state index in [0.717, 1.165) is 17.7 Å². The number of alkyl halides is 3. The second-order valence-corrected chi connectivity index (χ2v) is 7.27. The number of anilines is 2. The van der Waals surface area contributed by atoms with Crippen LogP contribution in [0.3, 0.4) is 0 Å². The highest BCUT2D eigenvalue weighted by Gasteiger charge is 2.30. The topological polar surface area (TPSA) is 89.9 Å². The van der Waals surface area contributed by atoms with Crippen molar-refractivity contribution in [2.45, 2.75) is 19.5 Å². The molecule has 0 fully saturated rings. The standard InChI is InChI=1S/C23H18F3N5O2/c1-13-6-7-14(9-19(32)15-4-3-5-16(10-15)23(24,25)26)8-17(13)30-21-20-18(28-12-29-21)11-27-22(31-20)33-2/h3-8,10-12H,9H2,1-2H3,(H,28,29,30). The molecule has 0 radical (unpaired) electrons. The Hall–Kier alpha value is -4.08. The van der Waals surface area contributed by atoms with E-state index in [-0.39, 0.29) is 18.0 Å². The summed E-state index contributed by atoms with van der Waals surface area (Å²) in [4.78, 5) is 29.4. The molecule has 168 valence electrons. The number of hydrogen-bond donors (Lipinski definition) is 1.